The number of hydrogen-bond donors (Lipinski definition) is 1. The first-order valence-corrected chi connectivity index (χ1v) is 8.15. The lowest BCUT2D eigenvalue weighted by atomic mass is 9.87. The van der Waals surface area contributed by atoms with E-state index < -0.39 is 0 Å². The molecule has 0 radical (unpaired) electrons. The molecule has 0 bridgehead atoms. The SMILES string of the molecule is CCOC1(C(Cc2cc(F)cc(Br)c2)NC)CCCC1. The summed E-state index contributed by atoms with van der Waals surface area (Å²) in [6.07, 6.45) is 5.38. The Bertz CT molecular complexity index is 426. The highest BCUT2D eigenvalue weighted by molar-refractivity contribution is 9.10. The Morgan fingerprint density at radius 3 is 2.60 bits per heavy atom. The van der Waals surface area contributed by atoms with Crippen molar-refractivity contribution in [2.45, 2.75) is 50.7 Å². The zero-order valence-corrected chi connectivity index (χ0v) is 13.8. The molecule has 1 N–H and O–H groups in total. The smallest absolute Gasteiger partial charge is 0.124 e. The van der Waals surface area contributed by atoms with Gasteiger partial charge in [-0.15, -0.1) is 0 Å². The van der Waals surface area contributed by atoms with Crippen molar-refractivity contribution < 1.29 is 9.13 Å². The topological polar surface area (TPSA) is 21.3 Å². The van der Waals surface area contributed by atoms with Crippen molar-refractivity contribution in [1.82, 2.24) is 5.32 Å². The van der Waals surface area contributed by atoms with Gasteiger partial charge in [0, 0.05) is 17.1 Å². The molecule has 0 spiro atoms. The van der Waals surface area contributed by atoms with Gasteiger partial charge in [0.05, 0.1) is 5.60 Å². The van der Waals surface area contributed by atoms with Crippen molar-refractivity contribution >= 4 is 15.9 Å². The van der Waals surface area contributed by atoms with Crippen LogP contribution in [-0.4, -0.2) is 25.3 Å². The fourth-order valence-electron chi connectivity index (χ4n) is 3.37. The highest BCUT2D eigenvalue weighted by Gasteiger charge is 2.41. The minimum absolute atomic E-state index is 0.0949. The van der Waals surface area contributed by atoms with Crippen LogP contribution in [0.4, 0.5) is 4.39 Å². The second kappa shape index (κ2) is 7.01. The van der Waals surface area contributed by atoms with E-state index in [1.807, 2.05) is 20.0 Å². The lowest BCUT2D eigenvalue weighted by molar-refractivity contribution is -0.0597. The average molecular weight is 344 g/mol. The summed E-state index contributed by atoms with van der Waals surface area (Å²) in [5.41, 5.74) is 0.907. The molecule has 1 atom stereocenters. The van der Waals surface area contributed by atoms with Gasteiger partial charge in [-0.1, -0.05) is 28.8 Å². The lowest BCUT2D eigenvalue weighted by Crippen LogP contribution is -2.51. The third-order valence-electron chi connectivity index (χ3n) is 4.23. The average Bonchev–Trinajstić information content (AvgIpc) is 2.85. The van der Waals surface area contributed by atoms with E-state index in [1.165, 1.54) is 18.9 Å². The normalized spacial score (nSPS) is 19.2. The van der Waals surface area contributed by atoms with Crippen LogP contribution >= 0.6 is 15.9 Å². The molecule has 1 aliphatic rings. The number of nitrogens with one attached hydrogen (secondary N) is 1. The van der Waals surface area contributed by atoms with Crippen LogP contribution in [0.15, 0.2) is 22.7 Å². The Morgan fingerprint density at radius 1 is 1.35 bits per heavy atom. The quantitative estimate of drug-likeness (QED) is 0.840. The summed E-state index contributed by atoms with van der Waals surface area (Å²) in [6.45, 7) is 2.77. The molecular weight excluding hydrogens is 321 g/mol. The number of ether oxygens (including phenoxy) is 1. The number of halogens is 2. The van der Waals surface area contributed by atoms with Crippen molar-refractivity contribution in [2.75, 3.05) is 13.7 Å². The number of hydrogen-bond acceptors (Lipinski definition) is 2. The van der Waals surface area contributed by atoms with Gasteiger partial charge in [0.25, 0.3) is 0 Å². The molecule has 1 aliphatic carbocycles. The van der Waals surface area contributed by atoms with Crippen LogP contribution < -0.4 is 5.32 Å². The highest BCUT2D eigenvalue weighted by atomic mass is 79.9. The van der Waals surface area contributed by atoms with Crippen LogP contribution in [0.1, 0.15) is 38.2 Å². The van der Waals surface area contributed by atoms with E-state index in [0.717, 1.165) is 35.9 Å². The van der Waals surface area contributed by atoms with Crippen molar-refractivity contribution in [2.24, 2.45) is 0 Å². The fourth-order valence-corrected chi connectivity index (χ4v) is 3.88. The third-order valence-corrected chi connectivity index (χ3v) is 4.69. The number of benzene rings is 1. The van der Waals surface area contributed by atoms with Gasteiger partial charge in [0.15, 0.2) is 0 Å². The summed E-state index contributed by atoms with van der Waals surface area (Å²) in [5, 5.41) is 3.39. The molecule has 0 aromatic heterocycles. The van der Waals surface area contributed by atoms with Crippen LogP contribution in [-0.2, 0) is 11.2 Å². The predicted molar refractivity (Wildman–Crippen MR) is 83.5 cm³/mol. The molecule has 0 amide bonds. The largest absolute Gasteiger partial charge is 0.374 e. The van der Waals surface area contributed by atoms with E-state index >= 15 is 0 Å². The van der Waals surface area contributed by atoms with E-state index in [9.17, 15) is 4.39 Å². The molecule has 1 aromatic carbocycles. The summed E-state index contributed by atoms with van der Waals surface area (Å²) in [4.78, 5) is 0. The predicted octanol–water partition coefficient (Wildman–Crippen LogP) is 4.07. The van der Waals surface area contributed by atoms with Crippen LogP contribution in [0.25, 0.3) is 0 Å². The Labute approximate surface area is 129 Å². The molecule has 2 nitrogen and oxygen atoms in total. The van der Waals surface area contributed by atoms with Crippen LogP contribution in [0.3, 0.4) is 0 Å². The standard InChI is InChI=1S/C16H23BrFNO/c1-3-20-16(6-4-5-7-16)15(19-2)10-12-8-13(17)11-14(18)9-12/h8-9,11,15,19H,3-7,10H2,1-2H3. The third kappa shape index (κ3) is 3.60. The first kappa shape index (κ1) is 15.9. The van der Waals surface area contributed by atoms with Gasteiger partial charge in [-0.05, 0) is 57.0 Å². The number of rotatable bonds is 6. The minimum Gasteiger partial charge on any atom is -0.374 e. The maximum atomic E-state index is 13.5. The minimum atomic E-state index is -0.193. The Morgan fingerprint density at radius 2 is 2.05 bits per heavy atom. The van der Waals surface area contributed by atoms with Crippen LogP contribution in [0, 0.1) is 5.82 Å². The maximum absolute atomic E-state index is 13.5. The zero-order valence-electron chi connectivity index (χ0n) is 12.2. The molecule has 0 aliphatic heterocycles. The van der Waals surface area contributed by atoms with Gasteiger partial charge in [-0.3, -0.25) is 0 Å². The summed E-state index contributed by atoms with van der Waals surface area (Å²) in [5.74, 6) is -0.193. The highest BCUT2D eigenvalue weighted by Crippen LogP contribution is 2.37. The molecule has 20 heavy (non-hydrogen) atoms. The van der Waals surface area contributed by atoms with Crippen LogP contribution in [0.2, 0.25) is 0 Å². The first-order chi connectivity index (χ1) is 9.59. The van der Waals surface area contributed by atoms with E-state index in [1.54, 1.807) is 6.07 Å². The van der Waals surface area contributed by atoms with Gasteiger partial charge >= 0.3 is 0 Å². The molecule has 1 saturated carbocycles. The van der Waals surface area contributed by atoms with E-state index in [2.05, 4.69) is 21.2 Å². The fraction of sp³-hybridized carbons (Fsp3) is 0.625. The molecule has 4 heteroatoms. The molecule has 1 aromatic rings. The van der Waals surface area contributed by atoms with Gasteiger partial charge in [0.1, 0.15) is 5.82 Å². The Kier molecular flexibility index (Phi) is 5.58. The molecule has 0 saturated heterocycles. The lowest BCUT2D eigenvalue weighted by Gasteiger charge is -2.37. The summed E-state index contributed by atoms with van der Waals surface area (Å²) >= 11 is 3.36. The maximum Gasteiger partial charge on any atom is 0.124 e. The van der Waals surface area contributed by atoms with Crippen LogP contribution in [0.5, 0.6) is 0 Å². The van der Waals surface area contributed by atoms with Crippen molar-refractivity contribution in [3.63, 3.8) is 0 Å². The molecule has 1 fully saturated rings. The van der Waals surface area contributed by atoms with Gasteiger partial charge < -0.3 is 10.1 Å². The molecule has 112 valence electrons. The van der Waals surface area contributed by atoms with Crippen molar-refractivity contribution in [1.29, 1.82) is 0 Å². The first-order valence-electron chi connectivity index (χ1n) is 7.36. The second-order valence-corrected chi connectivity index (χ2v) is 6.44. The van der Waals surface area contributed by atoms with Gasteiger partial charge in [-0.25, -0.2) is 4.39 Å². The van der Waals surface area contributed by atoms with Gasteiger partial charge in [-0.2, -0.15) is 0 Å². The Balaban J connectivity index is 2.18. The van der Waals surface area contributed by atoms with E-state index in [4.69, 9.17) is 4.74 Å². The molecular formula is C16H23BrFNO. The van der Waals surface area contributed by atoms with Gasteiger partial charge in [0.2, 0.25) is 0 Å². The molecule has 2 rings (SSSR count). The number of likely N-dealkylation sites (N-methyl/N-ethyl adjacent to an activating group) is 1. The van der Waals surface area contributed by atoms with E-state index in [0.29, 0.717) is 0 Å². The van der Waals surface area contributed by atoms with E-state index in [-0.39, 0.29) is 17.5 Å². The van der Waals surface area contributed by atoms with Crippen molar-refractivity contribution in [3.05, 3.63) is 34.1 Å². The summed E-state index contributed by atoms with van der Waals surface area (Å²) in [6, 6.07) is 5.32. The molecule has 0 heterocycles. The second-order valence-electron chi connectivity index (χ2n) is 5.53. The zero-order chi connectivity index (χ0) is 14.6. The van der Waals surface area contributed by atoms with Crippen molar-refractivity contribution in [3.8, 4) is 0 Å². The Hall–Kier alpha value is -0.450. The monoisotopic (exact) mass is 343 g/mol. The summed E-state index contributed by atoms with van der Waals surface area (Å²) in [7, 11) is 1.97. The molecule has 1 unspecified atom stereocenters. The summed E-state index contributed by atoms with van der Waals surface area (Å²) < 4.78 is 20.4.